The molecule has 7 heteroatoms. The van der Waals surface area contributed by atoms with Gasteiger partial charge >= 0.3 is 0 Å². The summed E-state index contributed by atoms with van der Waals surface area (Å²) in [4.78, 5) is 12.4. The second kappa shape index (κ2) is 7.65. The summed E-state index contributed by atoms with van der Waals surface area (Å²) >= 11 is 0. The van der Waals surface area contributed by atoms with Gasteiger partial charge in [0.15, 0.2) is 5.58 Å². The lowest BCUT2D eigenvalue weighted by atomic mass is 10.0. The van der Waals surface area contributed by atoms with Crippen LogP contribution in [0.15, 0.2) is 34.8 Å². The van der Waals surface area contributed by atoms with E-state index in [1.165, 1.54) is 6.08 Å². The van der Waals surface area contributed by atoms with E-state index in [1.807, 2.05) is 13.0 Å². The fourth-order valence-corrected chi connectivity index (χ4v) is 4.31. The van der Waals surface area contributed by atoms with Gasteiger partial charge in [0.25, 0.3) is 6.01 Å². The first-order valence-corrected chi connectivity index (χ1v) is 10.3. The quantitative estimate of drug-likeness (QED) is 0.722. The van der Waals surface area contributed by atoms with Crippen molar-refractivity contribution in [3.8, 4) is 0 Å². The lowest BCUT2D eigenvalue weighted by molar-refractivity contribution is 0.120. The Morgan fingerprint density at radius 3 is 2.87 bits per heavy atom. The molecule has 0 aliphatic carbocycles. The summed E-state index contributed by atoms with van der Waals surface area (Å²) in [5.74, 6) is -0.229. The molecule has 2 aromatic heterocycles. The number of allylic oxidation sites excluding steroid dienone is 2. The molecule has 4 heterocycles. The van der Waals surface area contributed by atoms with Crippen LogP contribution in [0, 0.1) is 0 Å². The van der Waals surface area contributed by atoms with Gasteiger partial charge < -0.3 is 23.9 Å². The fourth-order valence-electron chi connectivity index (χ4n) is 4.31. The zero-order valence-electron chi connectivity index (χ0n) is 17.1. The Kier molecular flexibility index (Phi) is 4.83. The van der Waals surface area contributed by atoms with Crippen molar-refractivity contribution in [2.45, 2.75) is 19.9 Å². The maximum Gasteiger partial charge on any atom is 0.298 e. The molecule has 0 spiro atoms. The van der Waals surface area contributed by atoms with Gasteiger partial charge in [-0.1, -0.05) is 12.7 Å². The molecular weight excluding hydrogens is 383 g/mol. The molecule has 0 unspecified atom stereocenters. The molecule has 0 radical (unpaired) electrons. The number of oxazole rings is 1. The van der Waals surface area contributed by atoms with Gasteiger partial charge in [-0.05, 0) is 43.2 Å². The average molecular weight is 408 g/mol. The Morgan fingerprint density at radius 1 is 1.23 bits per heavy atom. The predicted octanol–water partition coefficient (Wildman–Crippen LogP) is 2.62. The van der Waals surface area contributed by atoms with Gasteiger partial charge in [0.05, 0.1) is 19.8 Å². The van der Waals surface area contributed by atoms with Crippen molar-refractivity contribution in [3.63, 3.8) is 0 Å². The van der Waals surface area contributed by atoms with E-state index in [2.05, 4.69) is 33.5 Å². The summed E-state index contributed by atoms with van der Waals surface area (Å²) < 4.78 is 25.9. The molecule has 1 N–H and O–H groups in total. The van der Waals surface area contributed by atoms with Gasteiger partial charge in [0.1, 0.15) is 11.3 Å². The number of ether oxygens (including phenoxy) is 1. The number of halogens is 1. The van der Waals surface area contributed by atoms with Crippen LogP contribution in [0.4, 0.5) is 16.1 Å². The molecule has 0 saturated carbocycles. The molecule has 0 atom stereocenters. The molecule has 1 aromatic carbocycles. The third-order valence-corrected chi connectivity index (χ3v) is 5.81. The molecule has 0 bridgehead atoms. The van der Waals surface area contributed by atoms with Gasteiger partial charge in [0, 0.05) is 41.6 Å². The average Bonchev–Trinajstić information content (AvgIpc) is 3.33. The van der Waals surface area contributed by atoms with Crippen LogP contribution >= 0.6 is 0 Å². The molecule has 0 amide bonds. The van der Waals surface area contributed by atoms with E-state index in [0.29, 0.717) is 36.3 Å². The van der Waals surface area contributed by atoms with Crippen molar-refractivity contribution in [3.05, 3.63) is 52.2 Å². The van der Waals surface area contributed by atoms with Gasteiger partial charge in [0.2, 0.25) is 0 Å². The highest BCUT2D eigenvalue weighted by Gasteiger charge is 2.22. The summed E-state index contributed by atoms with van der Waals surface area (Å²) in [5, 5.41) is 1.25. The normalized spacial score (nSPS) is 18.3. The summed E-state index contributed by atoms with van der Waals surface area (Å²) in [7, 11) is 0. The Morgan fingerprint density at radius 2 is 2.07 bits per heavy atom. The third-order valence-electron chi connectivity index (χ3n) is 5.81. The number of nitrogens with zero attached hydrogens (tertiary/aromatic N) is 3. The maximum absolute atomic E-state index is 14.5. The fraction of sp³-hybridized carbons (Fsp3) is 0.348. The SMILES string of the molecule is C=c1[nH]c2c(/c1=C(F)/C=C\C)CCN(c1ccc3oc(N4CCOCC4)nc3c1)C2. The van der Waals surface area contributed by atoms with E-state index in [0.717, 1.165) is 54.1 Å². The van der Waals surface area contributed by atoms with Crippen LogP contribution in [0.2, 0.25) is 0 Å². The number of H-pyrrole nitrogens is 1. The number of nitrogens with one attached hydrogen (secondary N) is 1. The third kappa shape index (κ3) is 3.29. The number of morpholine rings is 1. The Labute approximate surface area is 173 Å². The van der Waals surface area contributed by atoms with Gasteiger partial charge in [-0.3, -0.25) is 0 Å². The zero-order chi connectivity index (χ0) is 20.7. The van der Waals surface area contributed by atoms with Crippen molar-refractivity contribution in [1.82, 2.24) is 9.97 Å². The van der Waals surface area contributed by atoms with E-state index in [4.69, 9.17) is 14.1 Å². The number of anilines is 2. The molecule has 1 saturated heterocycles. The Balaban J connectivity index is 1.44. The number of hydrogen-bond acceptors (Lipinski definition) is 5. The summed E-state index contributed by atoms with van der Waals surface area (Å²) in [5.41, 5.74) is 4.76. The minimum Gasteiger partial charge on any atom is -0.423 e. The largest absolute Gasteiger partial charge is 0.423 e. The summed E-state index contributed by atoms with van der Waals surface area (Å²) in [6.45, 7) is 10.3. The number of benzene rings is 1. The van der Waals surface area contributed by atoms with E-state index in [9.17, 15) is 4.39 Å². The number of aromatic nitrogens is 2. The van der Waals surface area contributed by atoms with Crippen LogP contribution in [0.1, 0.15) is 18.2 Å². The molecule has 2 aliphatic rings. The van der Waals surface area contributed by atoms with Crippen molar-refractivity contribution < 1.29 is 13.5 Å². The van der Waals surface area contributed by atoms with Crippen LogP contribution in [0.3, 0.4) is 0 Å². The molecule has 6 nitrogen and oxygen atoms in total. The van der Waals surface area contributed by atoms with Crippen molar-refractivity contribution in [2.75, 3.05) is 42.6 Å². The topological polar surface area (TPSA) is 57.5 Å². The number of aromatic amines is 1. The van der Waals surface area contributed by atoms with Crippen LogP contribution in [-0.4, -0.2) is 42.8 Å². The summed E-state index contributed by atoms with van der Waals surface area (Å²) in [6.07, 6.45) is 3.97. The zero-order valence-corrected chi connectivity index (χ0v) is 17.1. The lowest BCUT2D eigenvalue weighted by Gasteiger charge is -2.29. The van der Waals surface area contributed by atoms with E-state index >= 15 is 0 Å². The minimum atomic E-state index is -0.229. The highest BCUT2D eigenvalue weighted by molar-refractivity contribution is 5.79. The monoisotopic (exact) mass is 408 g/mol. The van der Waals surface area contributed by atoms with Gasteiger partial charge in [-0.2, -0.15) is 4.98 Å². The number of rotatable bonds is 3. The highest BCUT2D eigenvalue weighted by Crippen LogP contribution is 2.29. The molecule has 3 aromatic rings. The number of hydrogen-bond donors (Lipinski definition) is 1. The molecule has 5 rings (SSSR count). The van der Waals surface area contributed by atoms with Gasteiger partial charge in [-0.25, -0.2) is 4.39 Å². The van der Waals surface area contributed by atoms with E-state index in [-0.39, 0.29) is 5.83 Å². The number of fused-ring (bicyclic) bond motifs is 2. The van der Waals surface area contributed by atoms with Crippen LogP contribution in [0.25, 0.3) is 23.5 Å². The first kappa shape index (κ1) is 18.9. The van der Waals surface area contributed by atoms with Crippen LogP contribution in [-0.2, 0) is 17.7 Å². The van der Waals surface area contributed by atoms with Crippen molar-refractivity contribution >= 4 is 35.2 Å². The van der Waals surface area contributed by atoms with E-state index < -0.39 is 0 Å². The molecule has 2 aliphatic heterocycles. The molecule has 1 fully saturated rings. The minimum absolute atomic E-state index is 0.229. The summed E-state index contributed by atoms with van der Waals surface area (Å²) in [6, 6.07) is 6.75. The second-order valence-corrected chi connectivity index (χ2v) is 7.70. The van der Waals surface area contributed by atoms with Crippen molar-refractivity contribution in [2.24, 2.45) is 0 Å². The maximum atomic E-state index is 14.5. The first-order valence-electron chi connectivity index (χ1n) is 10.3. The standard InChI is InChI=1S/C23H25FN4O2/c1-3-4-18(24)22-15(2)25-20-14-28(8-7-17(20)22)16-5-6-21-19(13-16)26-23(30-21)27-9-11-29-12-10-27/h3-6,13,25H,2,7-12,14H2,1H3/b4-3-,22-18-. The lowest BCUT2D eigenvalue weighted by Crippen LogP contribution is -2.36. The second-order valence-electron chi connectivity index (χ2n) is 7.70. The highest BCUT2D eigenvalue weighted by atomic mass is 19.1. The Bertz CT molecular complexity index is 1220. The van der Waals surface area contributed by atoms with E-state index in [1.54, 1.807) is 6.08 Å². The predicted molar refractivity (Wildman–Crippen MR) is 117 cm³/mol. The molecule has 156 valence electrons. The smallest absolute Gasteiger partial charge is 0.298 e. The molecular formula is C23H25FN4O2. The first-order chi connectivity index (χ1) is 14.6. The van der Waals surface area contributed by atoms with Crippen molar-refractivity contribution in [1.29, 1.82) is 0 Å². The van der Waals surface area contributed by atoms with Crippen LogP contribution < -0.4 is 20.4 Å². The Hall–Kier alpha value is -3.06. The van der Waals surface area contributed by atoms with Gasteiger partial charge in [-0.15, -0.1) is 0 Å². The van der Waals surface area contributed by atoms with Crippen LogP contribution in [0.5, 0.6) is 0 Å². The molecule has 30 heavy (non-hydrogen) atoms.